The number of hydrogen-bond acceptors (Lipinski definition) is 4. The van der Waals surface area contributed by atoms with Crippen molar-refractivity contribution in [3.8, 4) is 0 Å². The Morgan fingerprint density at radius 1 is 1.15 bits per heavy atom. The highest BCUT2D eigenvalue weighted by atomic mass is 79.9. The van der Waals surface area contributed by atoms with Gasteiger partial charge in [0.15, 0.2) is 0 Å². The van der Waals surface area contributed by atoms with E-state index in [1.54, 1.807) is 0 Å². The minimum atomic E-state index is -0.270. The van der Waals surface area contributed by atoms with Crippen LogP contribution >= 0.6 is 15.9 Å². The summed E-state index contributed by atoms with van der Waals surface area (Å²) < 4.78 is 14.9. The number of ether oxygens (including phenoxy) is 3. The molecule has 78 valence electrons. The minimum absolute atomic E-state index is 0.228. The van der Waals surface area contributed by atoms with Crippen LogP contribution in [0.3, 0.4) is 0 Å². The summed E-state index contributed by atoms with van der Waals surface area (Å²) >= 11 is 2.98. The number of carbonyl (C=O) groups is 1. The van der Waals surface area contributed by atoms with Crippen LogP contribution in [0.4, 0.5) is 0 Å². The zero-order chi connectivity index (χ0) is 9.94. The van der Waals surface area contributed by atoms with Crippen molar-refractivity contribution in [1.82, 2.24) is 0 Å². The van der Waals surface area contributed by atoms with E-state index in [-0.39, 0.29) is 11.3 Å². The molecule has 0 N–H and O–H groups in total. The molecular formula is C8H15BrO4. The second-order valence-electron chi connectivity index (χ2n) is 2.16. The van der Waals surface area contributed by atoms with Crippen LogP contribution in [0, 0.1) is 0 Å². The van der Waals surface area contributed by atoms with E-state index in [0.29, 0.717) is 33.0 Å². The lowest BCUT2D eigenvalue weighted by Gasteiger charge is -2.04. The maximum absolute atomic E-state index is 10.6. The first-order chi connectivity index (χ1) is 6.31. The molecule has 0 amide bonds. The van der Waals surface area contributed by atoms with Crippen LogP contribution < -0.4 is 0 Å². The van der Waals surface area contributed by atoms with Crippen molar-refractivity contribution >= 4 is 21.9 Å². The van der Waals surface area contributed by atoms with Crippen LogP contribution in [0.25, 0.3) is 0 Å². The first-order valence-corrected chi connectivity index (χ1v) is 5.30. The minimum Gasteiger partial charge on any atom is -0.463 e. The molecule has 0 aliphatic rings. The Morgan fingerprint density at radius 3 is 2.38 bits per heavy atom. The fourth-order valence-electron chi connectivity index (χ4n) is 0.617. The second-order valence-corrected chi connectivity index (χ2v) is 2.72. The van der Waals surface area contributed by atoms with Gasteiger partial charge in [-0.1, -0.05) is 15.9 Å². The van der Waals surface area contributed by atoms with E-state index in [1.807, 2.05) is 6.92 Å². The van der Waals surface area contributed by atoms with Gasteiger partial charge in [-0.3, -0.25) is 4.79 Å². The summed E-state index contributed by atoms with van der Waals surface area (Å²) in [4.78, 5) is 10.6. The number of hydrogen-bond donors (Lipinski definition) is 0. The quantitative estimate of drug-likeness (QED) is 0.368. The van der Waals surface area contributed by atoms with Crippen molar-refractivity contribution in [3.63, 3.8) is 0 Å². The van der Waals surface area contributed by atoms with Gasteiger partial charge in [-0.2, -0.15) is 0 Å². The van der Waals surface area contributed by atoms with Gasteiger partial charge in [0.25, 0.3) is 0 Å². The molecule has 0 heterocycles. The molecule has 0 atom stereocenters. The average Bonchev–Trinajstić information content (AvgIpc) is 2.16. The van der Waals surface area contributed by atoms with E-state index in [1.165, 1.54) is 0 Å². The highest BCUT2D eigenvalue weighted by Crippen LogP contribution is 1.86. The largest absolute Gasteiger partial charge is 0.463 e. The smallest absolute Gasteiger partial charge is 0.316 e. The number of halogens is 1. The molecule has 0 aromatic rings. The molecule has 13 heavy (non-hydrogen) atoms. The van der Waals surface area contributed by atoms with E-state index >= 15 is 0 Å². The molecule has 4 nitrogen and oxygen atoms in total. The molecule has 0 aromatic carbocycles. The zero-order valence-electron chi connectivity index (χ0n) is 7.75. The van der Waals surface area contributed by atoms with Crippen molar-refractivity contribution in [1.29, 1.82) is 0 Å². The van der Waals surface area contributed by atoms with E-state index in [9.17, 15) is 4.79 Å². The Hall–Kier alpha value is -0.130. The van der Waals surface area contributed by atoms with E-state index in [4.69, 9.17) is 14.2 Å². The lowest BCUT2D eigenvalue weighted by atomic mass is 10.7. The summed E-state index contributed by atoms with van der Waals surface area (Å²) in [7, 11) is 0. The van der Waals surface area contributed by atoms with Crippen LogP contribution in [-0.2, 0) is 19.0 Å². The molecule has 0 aromatic heterocycles. The topological polar surface area (TPSA) is 44.8 Å². The molecular weight excluding hydrogens is 240 g/mol. The third-order valence-corrected chi connectivity index (χ3v) is 1.63. The SMILES string of the molecule is CCOCCOCCOC(=O)CBr. The Balaban J connectivity index is 2.95. The number of esters is 1. The highest BCUT2D eigenvalue weighted by molar-refractivity contribution is 9.09. The Bertz CT molecular complexity index is 129. The molecule has 5 heteroatoms. The van der Waals surface area contributed by atoms with Gasteiger partial charge in [0.2, 0.25) is 0 Å². The third kappa shape index (κ3) is 9.79. The Morgan fingerprint density at radius 2 is 1.77 bits per heavy atom. The van der Waals surface area contributed by atoms with Gasteiger partial charge in [-0.15, -0.1) is 0 Å². The molecule has 0 aliphatic heterocycles. The summed E-state index contributed by atoms with van der Waals surface area (Å²) in [5.74, 6) is -0.270. The van der Waals surface area contributed by atoms with Crippen LogP contribution in [0.1, 0.15) is 6.92 Å². The predicted octanol–water partition coefficient (Wildman–Crippen LogP) is 0.978. The zero-order valence-corrected chi connectivity index (χ0v) is 9.34. The van der Waals surface area contributed by atoms with Crippen LogP contribution in [0.5, 0.6) is 0 Å². The second kappa shape index (κ2) is 9.95. The fraction of sp³-hybridized carbons (Fsp3) is 0.875. The summed E-state index contributed by atoms with van der Waals surface area (Å²) in [6.45, 7) is 4.48. The Kier molecular flexibility index (Phi) is 9.85. The molecule has 0 bridgehead atoms. The summed E-state index contributed by atoms with van der Waals surface area (Å²) in [6, 6.07) is 0. The van der Waals surface area contributed by atoms with E-state index in [2.05, 4.69) is 15.9 Å². The van der Waals surface area contributed by atoms with Gasteiger partial charge in [0.1, 0.15) is 11.9 Å². The third-order valence-electron chi connectivity index (χ3n) is 1.18. The normalized spacial score (nSPS) is 10.0. The maximum Gasteiger partial charge on any atom is 0.316 e. The van der Waals surface area contributed by atoms with E-state index < -0.39 is 0 Å². The summed E-state index contributed by atoms with van der Waals surface area (Å²) in [6.07, 6.45) is 0. The van der Waals surface area contributed by atoms with Gasteiger partial charge in [-0.05, 0) is 6.92 Å². The molecule has 0 fully saturated rings. The van der Waals surface area contributed by atoms with Crippen molar-refractivity contribution in [2.45, 2.75) is 6.92 Å². The number of alkyl halides is 1. The molecule has 0 saturated heterocycles. The van der Waals surface area contributed by atoms with Crippen molar-refractivity contribution in [3.05, 3.63) is 0 Å². The molecule has 0 radical (unpaired) electrons. The van der Waals surface area contributed by atoms with Gasteiger partial charge >= 0.3 is 5.97 Å². The highest BCUT2D eigenvalue weighted by Gasteiger charge is 1.97. The Labute approximate surface area is 86.7 Å². The fourth-order valence-corrected chi connectivity index (χ4v) is 0.779. The monoisotopic (exact) mass is 254 g/mol. The lowest BCUT2D eigenvalue weighted by molar-refractivity contribution is -0.141. The lowest BCUT2D eigenvalue weighted by Crippen LogP contribution is -2.13. The maximum atomic E-state index is 10.6. The van der Waals surface area contributed by atoms with Gasteiger partial charge in [0.05, 0.1) is 19.8 Å². The van der Waals surface area contributed by atoms with Crippen LogP contribution in [0.2, 0.25) is 0 Å². The van der Waals surface area contributed by atoms with Crippen LogP contribution in [-0.4, -0.2) is 44.3 Å². The van der Waals surface area contributed by atoms with Crippen molar-refractivity contribution < 1.29 is 19.0 Å². The predicted molar refractivity (Wildman–Crippen MR) is 52.1 cm³/mol. The van der Waals surface area contributed by atoms with Gasteiger partial charge in [0, 0.05) is 6.61 Å². The van der Waals surface area contributed by atoms with Gasteiger partial charge < -0.3 is 14.2 Å². The number of rotatable bonds is 8. The van der Waals surface area contributed by atoms with Crippen LogP contribution in [0.15, 0.2) is 0 Å². The number of carbonyl (C=O) groups excluding carboxylic acids is 1. The summed E-state index contributed by atoms with van der Waals surface area (Å²) in [5, 5.41) is 0.228. The van der Waals surface area contributed by atoms with Gasteiger partial charge in [-0.25, -0.2) is 0 Å². The molecule has 0 spiro atoms. The standard InChI is InChI=1S/C8H15BrO4/c1-2-11-3-4-12-5-6-13-8(10)7-9/h2-7H2,1H3. The first-order valence-electron chi connectivity index (χ1n) is 4.18. The average molecular weight is 255 g/mol. The summed E-state index contributed by atoms with van der Waals surface area (Å²) in [5.41, 5.74) is 0. The van der Waals surface area contributed by atoms with E-state index in [0.717, 1.165) is 0 Å². The molecule has 0 aliphatic carbocycles. The molecule has 0 saturated carbocycles. The van der Waals surface area contributed by atoms with Crippen molar-refractivity contribution in [2.24, 2.45) is 0 Å². The first kappa shape index (κ1) is 12.9. The van der Waals surface area contributed by atoms with Crippen molar-refractivity contribution in [2.75, 3.05) is 38.4 Å². The molecule has 0 rings (SSSR count). The molecule has 0 unspecified atom stereocenters.